The molecule has 1 heterocycles. The van der Waals surface area contributed by atoms with Gasteiger partial charge in [-0.3, -0.25) is 4.79 Å². The predicted molar refractivity (Wildman–Crippen MR) is 87.3 cm³/mol. The quantitative estimate of drug-likeness (QED) is 0.478. The van der Waals surface area contributed by atoms with Crippen LogP contribution >= 0.6 is 23.4 Å². The van der Waals surface area contributed by atoms with Crippen molar-refractivity contribution < 1.29 is 9.53 Å². The fraction of sp³-hybridized carbons (Fsp3) is 0.267. The normalized spacial score (nSPS) is 11.7. The number of halogens is 1. The third-order valence-electron chi connectivity index (χ3n) is 2.68. The van der Waals surface area contributed by atoms with E-state index in [1.54, 1.807) is 42.7 Å². The van der Waals surface area contributed by atoms with E-state index >= 15 is 0 Å². The average molecular weight is 338 g/mol. The van der Waals surface area contributed by atoms with E-state index in [0.717, 1.165) is 5.75 Å². The second-order valence-corrected chi connectivity index (χ2v) is 6.13. The van der Waals surface area contributed by atoms with Gasteiger partial charge in [-0.15, -0.1) is 0 Å². The molecule has 22 heavy (non-hydrogen) atoms. The molecule has 0 radical (unpaired) electrons. The molecule has 1 aromatic carbocycles. The van der Waals surface area contributed by atoms with E-state index in [1.807, 2.05) is 6.92 Å². The van der Waals surface area contributed by atoms with Crippen LogP contribution in [-0.4, -0.2) is 34.3 Å². The molecule has 0 aliphatic rings. The van der Waals surface area contributed by atoms with Gasteiger partial charge in [0.05, 0.1) is 11.8 Å². The van der Waals surface area contributed by atoms with Gasteiger partial charge in [-0.1, -0.05) is 23.4 Å². The van der Waals surface area contributed by atoms with E-state index in [-0.39, 0.29) is 11.2 Å². The minimum Gasteiger partial charge on any atom is -0.492 e. The molecule has 1 aromatic heterocycles. The van der Waals surface area contributed by atoms with Crippen molar-refractivity contribution in [1.82, 2.24) is 15.3 Å². The monoisotopic (exact) mass is 337 g/mol. The summed E-state index contributed by atoms with van der Waals surface area (Å²) in [6.45, 7) is 2.64. The third kappa shape index (κ3) is 5.54. The number of benzene rings is 1. The SMILES string of the molecule is C[C@@H](Sc1ncccn1)C(=O)NCCOc1ccc(Cl)cc1. The van der Waals surface area contributed by atoms with Crippen molar-refractivity contribution in [3.63, 3.8) is 0 Å². The molecule has 7 heteroatoms. The lowest BCUT2D eigenvalue weighted by Gasteiger charge is -2.11. The van der Waals surface area contributed by atoms with Crippen LogP contribution < -0.4 is 10.1 Å². The Morgan fingerprint density at radius 3 is 2.68 bits per heavy atom. The molecule has 0 bridgehead atoms. The van der Waals surface area contributed by atoms with Gasteiger partial charge in [-0.25, -0.2) is 9.97 Å². The van der Waals surface area contributed by atoms with Crippen molar-refractivity contribution in [2.45, 2.75) is 17.3 Å². The van der Waals surface area contributed by atoms with E-state index in [1.165, 1.54) is 11.8 Å². The van der Waals surface area contributed by atoms with Gasteiger partial charge in [0, 0.05) is 17.4 Å². The first-order valence-corrected chi connectivity index (χ1v) is 8.00. The second kappa shape index (κ2) is 8.60. The van der Waals surface area contributed by atoms with Gasteiger partial charge >= 0.3 is 0 Å². The van der Waals surface area contributed by atoms with Crippen LogP contribution in [0.5, 0.6) is 5.75 Å². The van der Waals surface area contributed by atoms with Gasteiger partial charge in [-0.05, 0) is 37.3 Å². The summed E-state index contributed by atoms with van der Waals surface area (Å²) >= 11 is 7.11. The number of hydrogen-bond donors (Lipinski definition) is 1. The van der Waals surface area contributed by atoms with Crippen molar-refractivity contribution in [2.75, 3.05) is 13.2 Å². The van der Waals surface area contributed by atoms with E-state index in [0.29, 0.717) is 23.3 Å². The topological polar surface area (TPSA) is 64.1 Å². The van der Waals surface area contributed by atoms with Crippen LogP contribution in [0.3, 0.4) is 0 Å². The van der Waals surface area contributed by atoms with Crippen LogP contribution in [-0.2, 0) is 4.79 Å². The summed E-state index contributed by atoms with van der Waals surface area (Å²) in [4.78, 5) is 20.1. The molecule has 1 amide bonds. The van der Waals surface area contributed by atoms with E-state index in [2.05, 4.69) is 15.3 Å². The lowest BCUT2D eigenvalue weighted by atomic mass is 10.3. The van der Waals surface area contributed by atoms with Gasteiger partial charge in [0.15, 0.2) is 5.16 Å². The number of ether oxygens (including phenoxy) is 1. The molecule has 2 aromatic rings. The summed E-state index contributed by atoms with van der Waals surface area (Å²) in [6, 6.07) is 8.83. The highest BCUT2D eigenvalue weighted by Crippen LogP contribution is 2.18. The number of nitrogens with one attached hydrogen (secondary N) is 1. The van der Waals surface area contributed by atoms with Crippen LogP contribution in [0.1, 0.15) is 6.92 Å². The molecular weight excluding hydrogens is 322 g/mol. The Hall–Kier alpha value is -1.79. The molecule has 0 spiro atoms. The highest BCUT2D eigenvalue weighted by Gasteiger charge is 2.15. The van der Waals surface area contributed by atoms with Gasteiger partial charge in [0.2, 0.25) is 5.91 Å². The predicted octanol–water partition coefficient (Wildman–Crippen LogP) is 2.81. The molecule has 1 N–H and O–H groups in total. The third-order valence-corrected chi connectivity index (χ3v) is 3.92. The summed E-state index contributed by atoms with van der Waals surface area (Å²) in [6.07, 6.45) is 3.31. The maximum atomic E-state index is 11.9. The van der Waals surface area contributed by atoms with Crippen molar-refractivity contribution in [1.29, 1.82) is 0 Å². The minimum absolute atomic E-state index is 0.0721. The summed E-state index contributed by atoms with van der Waals surface area (Å²) < 4.78 is 5.50. The first-order chi connectivity index (χ1) is 10.6. The smallest absolute Gasteiger partial charge is 0.233 e. The summed E-state index contributed by atoms with van der Waals surface area (Å²) in [5.74, 6) is 0.649. The summed E-state index contributed by atoms with van der Waals surface area (Å²) in [7, 11) is 0. The van der Waals surface area contributed by atoms with Crippen molar-refractivity contribution in [3.05, 3.63) is 47.7 Å². The van der Waals surface area contributed by atoms with Gasteiger partial charge < -0.3 is 10.1 Å². The zero-order valence-corrected chi connectivity index (χ0v) is 13.6. The first-order valence-electron chi connectivity index (χ1n) is 6.75. The number of thioether (sulfide) groups is 1. The lowest BCUT2D eigenvalue weighted by Crippen LogP contribution is -2.34. The fourth-order valence-electron chi connectivity index (χ4n) is 1.58. The van der Waals surface area contributed by atoms with E-state index < -0.39 is 0 Å². The number of amides is 1. The Kier molecular flexibility index (Phi) is 6.48. The van der Waals surface area contributed by atoms with Gasteiger partial charge in [0.25, 0.3) is 0 Å². The number of aromatic nitrogens is 2. The van der Waals surface area contributed by atoms with Crippen LogP contribution in [0, 0.1) is 0 Å². The molecule has 0 saturated carbocycles. The Balaban J connectivity index is 1.67. The van der Waals surface area contributed by atoms with Crippen LogP contribution in [0.4, 0.5) is 0 Å². The highest BCUT2D eigenvalue weighted by atomic mass is 35.5. The maximum Gasteiger partial charge on any atom is 0.233 e. The molecule has 1 atom stereocenters. The lowest BCUT2D eigenvalue weighted by molar-refractivity contribution is -0.120. The zero-order chi connectivity index (χ0) is 15.8. The molecule has 2 rings (SSSR count). The first kappa shape index (κ1) is 16.6. The molecule has 0 fully saturated rings. The molecule has 0 saturated heterocycles. The number of carbonyl (C=O) groups excluding carboxylic acids is 1. The van der Waals surface area contributed by atoms with Crippen LogP contribution in [0.25, 0.3) is 0 Å². The average Bonchev–Trinajstić information content (AvgIpc) is 2.54. The van der Waals surface area contributed by atoms with E-state index in [9.17, 15) is 4.79 Å². The number of carbonyl (C=O) groups is 1. The Morgan fingerprint density at radius 2 is 2.00 bits per heavy atom. The molecule has 0 aliphatic carbocycles. The van der Waals surface area contributed by atoms with Crippen molar-refractivity contribution >= 4 is 29.3 Å². The number of hydrogen-bond acceptors (Lipinski definition) is 5. The summed E-state index contributed by atoms with van der Waals surface area (Å²) in [5.41, 5.74) is 0. The van der Waals surface area contributed by atoms with Gasteiger partial charge in [0.1, 0.15) is 12.4 Å². The fourth-order valence-corrected chi connectivity index (χ4v) is 2.45. The molecular formula is C15H16ClN3O2S. The Bertz CT molecular complexity index is 595. The van der Waals surface area contributed by atoms with Crippen molar-refractivity contribution in [2.24, 2.45) is 0 Å². The minimum atomic E-state index is -0.266. The maximum absolute atomic E-state index is 11.9. The zero-order valence-electron chi connectivity index (χ0n) is 12.0. The molecule has 0 aliphatic heterocycles. The Morgan fingerprint density at radius 1 is 1.32 bits per heavy atom. The van der Waals surface area contributed by atoms with Crippen LogP contribution in [0.15, 0.2) is 47.9 Å². The van der Waals surface area contributed by atoms with Crippen molar-refractivity contribution in [3.8, 4) is 5.75 Å². The standard InChI is InChI=1S/C15H16ClN3O2S/c1-11(22-15-18-7-2-8-19-15)14(20)17-9-10-21-13-5-3-12(16)4-6-13/h2-8,11H,9-10H2,1H3,(H,17,20)/t11-/m1/s1. The largest absolute Gasteiger partial charge is 0.492 e. The van der Waals surface area contributed by atoms with E-state index in [4.69, 9.17) is 16.3 Å². The Labute approximate surface area is 138 Å². The van der Waals surface area contributed by atoms with Crippen LogP contribution in [0.2, 0.25) is 5.02 Å². The highest BCUT2D eigenvalue weighted by molar-refractivity contribution is 8.00. The number of rotatable bonds is 7. The molecule has 0 unspecified atom stereocenters. The summed E-state index contributed by atoms with van der Waals surface area (Å²) in [5, 5.41) is 3.80. The van der Waals surface area contributed by atoms with Gasteiger partial charge in [-0.2, -0.15) is 0 Å². The number of nitrogens with zero attached hydrogens (tertiary/aromatic N) is 2. The molecule has 116 valence electrons. The molecule has 5 nitrogen and oxygen atoms in total. The second-order valence-electron chi connectivity index (χ2n) is 4.38.